The molecule has 0 saturated carbocycles. The number of nitrogens with two attached hydrogens (primary N) is 1. The first-order valence-electron chi connectivity index (χ1n) is 10.5. The van der Waals surface area contributed by atoms with E-state index in [-0.39, 0.29) is 27.9 Å². The number of rotatable bonds is 5. The van der Waals surface area contributed by atoms with Crippen LogP contribution in [0.1, 0.15) is 48.4 Å². The number of anilines is 1. The number of morpholine rings is 1. The van der Waals surface area contributed by atoms with Gasteiger partial charge in [0.2, 0.25) is 0 Å². The number of aryl methyl sites for hydroxylation is 1. The Morgan fingerprint density at radius 3 is 2.76 bits per heavy atom. The predicted molar refractivity (Wildman–Crippen MR) is 121 cm³/mol. The van der Waals surface area contributed by atoms with Gasteiger partial charge < -0.3 is 15.6 Å². The van der Waals surface area contributed by atoms with Crippen LogP contribution in [0.2, 0.25) is 0 Å². The highest BCUT2D eigenvalue weighted by Crippen LogP contribution is 2.45. The Labute approximate surface area is 192 Å². The number of carboxylic acids is 1. The van der Waals surface area contributed by atoms with E-state index in [1.807, 2.05) is 6.92 Å². The van der Waals surface area contributed by atoms with Gasteiger partial charge in [0.15, 0.2) is 5.78 Å². The van der Waals surface area contributed by atoms with Crippen molar-refractivity contribution in [2.45, 2.75) is 13.3 Å². The minimum Gasteiger partial charge on any atom is -0.478 e. The van der Waals surface area contributed by atoms with E-state index >= 15 is 0 Å². The lowest BCUT2D eigenvalue weighted by molar-refractivity contribution is 0.0126. The molecule has 5 rings (SSSR count). The Balaban J connectivity index is 1.58. The molecule has 0 atom stereocenters. The number of thiophene rings is 1. The van der Waals surface area contributed by atoms with Gasteiger partial charge in [0, 0.05) is 34.8 Å². The summed E-state index contributed by atoms with van der Waals surface area (Å²) in [6.45, 7) is 3.97. The Hall–Kier alpha value is -3.54. The molecule has 0 unspecified atom stereocenters. The van der Waals surface area contributed by atoms with Crippen molar-refractivity contribution in [3.8, 4) is 21.8 Å². The second-order valence-corrected chi connectivity index (χ2v) is 8.90. The van der Waals surface area contributed by atoms with Crippen LogP contribution in [0.3, 0.4) is 0 Å². The number of benzene rings is 1. The highest BCUT2D eigenvalue weighted by molar-refractivity contribution is 7.16. The van der Waals surface area contributed by atoms with Gasteiger partial charge in [0.05, 0.1) is 40.5 Å². The fourth-order valence-electron chi connectivity index (χ4n) is 4.18. The molecule has 1 saturated heterocycles. The molecule has 0 spiro atoms. The van der Waals surface area contributed by atoms with Gasteiger partial charge in [-0.3, -0.25) is 20.1 Å². The zero-order valence-electron chi connectivity index (χ0n) is 17.7. The smallest absolute Gasteiger partial charge is 0.337 e. The van der Waals surface area contributed by atoms with Crippen molar-refractivity contribution in [2.24, 2.45) is 0 Å². The fourth-order valence-corrected chi connectivity index (χ4v) is 5.27. The second kappa shape index (κ2) is 8.10. The maximum absolute atomic E-state index is 13.6. The summed E-state index contributed by atoms with van der Waals surface area (Å²) in [4.78, 5) is 39.9. The highest BCUT2D eigenvalue weighted by Gasteiger charge is 2.38. The summed E-state index contributed by atoms with van der Waals surface area (Å²) >= 11 is 1.30. The average Bonchev–Trinajstić information content (AvgIpc) is 3.49. The first-order chi connectivity index (χ1) is 15.9. The fraction of sp³-hybridized carbons (Fsp3) is 0.273. The lowest BCUT2D eigenvalue weighted by atomic mass is 9.98. The number of nitrogens with zero attached hydrogens (tertiary/aromatic N) is 2. The van der Waals surface area contributed by atoms with Crippen molar-refractivity contribution >= 4 is 34.7 Å². The molecule has 2 aromatic heterocycles. The molecule has 3 aromatic rings. The van der Waals surface area contributed by atoms with Gasteiger partial charge in [-0.1, -0.05) is 6.92 Å². The van der Waals surface area contributed by atoms with Crippen LogP contribution in [0.4, 0.5) is 5.69 Å². The SMILES string of the molecule is CCc1cc(C(=O)O)c(-c2[nH]nc3c2C(=O)c2c-3ccc(N)c2C(=O)NN2CCOCC2)s1. The van der Waals surface area contributed by atoms with Crippen molar-refractivity contribution in [1.82, 2.24) is 20.6 Å². The van der Waals surface area contributed by atoms with Crippen LogP contribution in [0.15, 0.2) is 18.2 Å². The van der Waals surface area contributed by atoms with E-state index in [1.165, 1.54) is 11.3 Å². The molecule has 170 valence electrons. The third-order valence-electron chi connectivity index (χ3n) is 5.80. The zero-order valence-corrected chi connectivity index (χ0v) is 18.5. The molecule has 1 aliphatic carbocycles. The Morgan fingerprint density at radius 1 is 1.30 bits per heavy atom. The quantitative estimate of drug-likeness (QED) is 0.326. The van der Waals surface area contributed by atoms with Crippen LogP contribution in [0.5, 0.6) is 0 Å². The molecule has 1 aliphatic heterocycles. The number of ketones is 1. The Bertz CT molecular complexity index is 1300. The zero-order chi connectivity index (χ0) is 23.3. The molecule has 1 aromatic carbocycles. The maximum atomic E-state index is 13.6. The van der Waals surface area contributed by atoms with E-state index < -0.39 is 17.7 Å². The third-order valence-corrected chi connectivity index (χ3v) is 7.10. The second-order valence-electron chi connectivity index (χ2n) is 7.76. The summed E-state index contributed by atoms with van der Waals surface area (Å²) in [6, 6.07) is 4.85. The summed E-state index contributed by atoms with van der Waals surface area (Å²) in [6.07, 6.45) is 0.665. The molecule has 0 bridgehead atoms. The number of hydrazine groups is 1. The lowest BCUT2D eigenvalue weighted by Gasteiger charge is -2.27. The van der Waals surface area contributed by atoms with E-state index in [0.717, 1.165) is 4.88 Å². The largest absolute Gasteiger partial charge is 0.478 e. The molecule has 2 aliphatic rings. The molecule has 5 N–H and O–H groups in total. The number of aromatic nitrogens is 2. The number of nitrogens with one attached hydrogen (secondary N) is 2. The number of H-pyrrole nitrogens is 1. The summed E-state index contributed by atoms with van der Waals surface area (Å²) < 4.78 is 5.30. The van der Waals surface area contributed by atoms with Gasteiger partial charge in [-0.15, -0.1) is 11.3 Å². The molecular weight excluding hydrogens is 446 g/mol. The number of nitrogen functional groups attached to an aromatic ring is 1. The lowest BCUT2D eigenvalue weighted by Crippen LogP contribution is -2.48. The van der Waals surface area contributed by atoms with Crippen LogP contribution >= 0.6 is 11.3 Å². The third kappa shape index (κ3) is 3.41. The molecule has 10 nitrogen and oxygen atoms in total. The summed E-state index contributed by atoms with van der Waals surface area (Å²) in [7, 11) is 0. The number of fused-ring (bicyclic) bond motifs is 3. The monoisotopic (exact) mass is 467 g/mol. The number of carbonyl (C=O) groups excluding carboxylic acids is 2. The predicted octanol–water partition coefficient (Wildman–Crippen LogP) is 2.17. The number of hydrogen-bond acceptors (Lipinski definition) is 8. The van der Waals surface area contributed by atoms with Gasteiger partial charge in [0.25, 0.3) is 5.91 Å². The van der Waals surface area contributed by atoms with Gasteiger partial charge in [-0.25, -0.2) is 9.80 Å². The van der Waals surface area contributed by atoms with Gasteiger partial charge in [-0.05, 0) is 24.6 Å². The van der Waals surface area contributed by atoms with E-state index in [0.29, 0.717) is 54.6 Å². The summed E-state index contributed by atoms with van der Waals surface area (Å²) in [5, 5.41) is 18.6. The van der Waals surface area contributed by atoms with Crippen LogP contribution < -0.4 is 11.2 Å². The molecule has 1 fully saturated rings. The van der Waals surface area contributed by atoms with Gasteiger partial charge >= 0.3 is 5.97 Å². The van der Waals surface area contributed by atoms with E-state index in [9.17, 15) is 19.5 Å². The van der Waals surface area contributed by atoms with Crippen LogP contribution in [-0.4, -0.2) is 64.3 Å². The first kappa shape index (κ1) is 21.3. The number of hydrogen-bond donors (Lipinski definition) is 4. The van der Waals surface area contributed by atoms with Crippen molar-refractivity contribution in [3.05, 3.63) is 45.3 Å². The molecule has 1 amide bonds. The van der Waals surface area contributed by atoms with Crippen LogP contribution in [-0.2, 0) is 11.2 Å². The minimum atomic E-state index is -1.08. The highest BCUT2D eigenvalue weighted by atomic mass is 32.1. The summed E-state index contributed by atoms with van der Waals surface area (Å²) in [5.74, 6) is -1.97. The van der Waals surface area contributed by atoms with E-state index in [2.05, 4.69) is 15.6 Å². The average molecular weight is 468 g/mol. The Kier molecular flexibility index (Phi) is 5.23. The summed E-state index contributed by atoms with van der Waals surface area (Å²) in [5.41, 5.74) is 11.0. The molecule has 11 heteroatoms. The molecule has 33 heavy (non-hydrogen) atoms. The van der Waals surface area contributed by atoms with Crippen LogP contribution in [0, 0.1) is 0 Å². The molecular formula is C22H21N5O5S. The minimum absolute atomic E-state index is 0.0897. The van der Waals surface area contributed by atoms with Crippen molar-refractivity contribution in [2.75, 3.05) is 32.0 Å². The Morgan fingerprint density at radius 2 is 2.06 bits per heavy atom. The van der Waals surface area contributed by atoms with Gasteiger partial charge in [0.1, 0.15) is 5.69 Å². The van der Waals surface area contributed by atoms with E-state index in [1.54, 1.807) is 23.2 Å². The molecule has 3 heterocycles. The first-order valence-corrected chi connectivity index (χ1v) is 11.3. The van der Waals surface area contributed by atoms with Crippen molar-refractivity contribution in [1.29, 1.82) is 0 Å². The number of carboxylic acid groups (broad SMARTS) is 1. The number of aromatic amines is 1. The standard InChI is InChI=1S/C22H21N5O5S/c1-2-10-9-12(22(30)31)20(33-10)18-16-17(24-25-18)11-3-4-13(23)15(14(11)19(16)28)21(29)26-27-5-7-32-8-6-27/h3-4,9H,2,5-8,23H2,1H3,(H,24,25)(H,26,29)(H,30,31). The van der Waals surface area contributed by atoms with Crippen molar-refractivity contribution in [3.63, 3.8) is 0 Å². The molecule has 0 radical (unpaired) electrons. The van der Waals surface area contributed by atoms with E-state index in [4.69, 9.17) is 10.5 Å². The number of ether oxygens (including phenoxy) is 1. The van der Waals surface area contributed by atoms with Crippen molar-refractivity contribution < 1.29 is 24.2 Å². The van der Waals surface area contributed by atoms with Gasteiger partial charge in [-0.2, -0.15) is 5.10 Å². The van der Waals surface area contributed by atoms with Crippen LogP contribution in [0.25, 0.3) is 21.8 Å². The maximum Gasteiger partial charge on any atom is 0.337 e. The number of amides is 1. The normalized spacial score (nSPS) is 15.4. The number of carbonyl (C=O) groups is 3. The topological polar surface area (TPSA) is 151 Å². The number of aromatic carboxylic acids is 1.